The SMILES string of the molecule is Cc1cc(C(=O)N[C@@H](CCc2ccccc2)C(=O)C(N)=O)n(-c2ccccn2)n1. The number of ketones is 1. The van der Waals surface area contributed by atoms with Crippen LogP contribution in [0.1, 0.15) is 28.2 Å². The standard InChI is InChI=1S/C21H21N5O3/c1-14-13-17(26(25-14)18-9-5-6-12-23-18)21(29)24-16(19(27)20(22)28)11-10-15-7-3-2-4-8-15/h2-9,12-13,16H,10-11H2,1H3,(H2,22,28)(H,24,29)/t16-/m0/s1. The molecule has 3 rings (SSSR count). The highest BCUT2D eigenvalue weighted by atomic mass is 16.2. The Bertz CT molecular complexity index is 1020. The Balaban J connectivity index is 1.81. The van der Waals surface area contributed by atoms with Gasteiger partial charge in [0.1, 0.15) is 5.69 Å². The number of Topliss-reactive ketones (excluding diaryl/α,β-unsaturated/α-hetero) is 1. The zero-order valence-corrected chi connectivity index (χ0v) is 15.9. The van der Waals surface area contributed by atoms with Gasteiger partial charge in [0.2, 0.25) is 5.78 Å². The highest BCUT2D eigenvalue weighted by molar-refractivity contribution is 6.38. The Morgan fingerprint density at radius 2 is 1.83 bits per heavy atom. The van der Waals surface area contributed by atoms with Crippen molar-refractivity contribution in [2.75, 3.05) is 0 Å². The Kier molecular flexibility index (Phi) is 6.13. The van der Waals surface area contributed by atoms with Crippen molar-refractivity contribution < 1.29 is 14.4 Å². The lowest BCUT2D eigenvalue weighted by Gasteiger charge is -2.16. The zero-order valence-electron chi connectivity index (χ0n) is 15.9. The molecule has 2 heterocycles. The maximum atomic E-state index is 12.9. The van der Waals surface area contributed by atoms with Crippen LogP contribution in [0.25, 0.3) is 5.82 Å². The number of aryl methyl sites for hydroxylation is 2. The Morgan fingerprint density at radius 1 is 1.10 bits per heavy atom. The molecule has 0 bridgehead atoms. The number of rotatable bonds is 8. The molecule has 0 saturated heterocycles. The van der Waals surface area contributed by atoms with Crippen LogP contribution in [0.5, 0.6) is 0 Å². The lowest BCUT2D eigenvalue weighted by molar-refractivity contribution is -0.137. The van der Waals surface area contributed by atoms with Crippen molar-refractivity contribution >= 4 is 17.6 Å². The fourth-order valence-corrected chi connectivity index (χ4v) is 2.94. The average Bonchev–Trinajstić information content (AvgIpc) is 3.13. The third-order valence-corrected chi connectivity index (χ3v) is 4.36. The van der Waals surface area contributed by atoms with Crippen molar-refractivity contribution in [2.45, 2.75) is 25.8 Å². The highest BCUT2D eigenvalue weighted by Gasteiger charge is 2.27. The van der Waals surface area contributed by atoms with Crippen molar-refractivity contribution in [1.29, 1.82) is 0 Å². The molecule has 0 aliphatic heterocycles. The molecule has 0 fully saturated rings. The normalized spacial score (nSPS) is 11.6. The molecule has 0 radical (unpaired) electrons. The molecule has 3 aromatic rings. The summed E-state index contributed by atoms with van der Waals surface area (Å²) in [6.45, 7) is 1.75. The number of pyridine rings is 1. The molecular formula is C21H21N5O3. The van der Waals surface area contributed by atoms with Gasteiger partial charge in [-0.25, -0.2) is 9.67 Å². The first kappa shape index (κ1) is 19.9. The summed E-state index contributed by atoms with van der Waals surface area (Å²) in [5.41, 5.74) is 6.99. The summed E-state index contributed by atoms with van der Waals surface area (Å²) in [7, 11) is 0. The van der Waals surface area contributed by atoms with Gasteiger partial charge in [0.15, 0.2) is 5.82 Å². The molecular weight excluding hydrogens is 370 g/mol. The van der Waals surface area contributed by atoms with E-state index in [0.29, 0.717) is 17.9 Å². The van der Waals surface area contributed by atoms with Crippen LogP contribution in [0.3, 0.4) is 0 Å². The van der Waals surface area contributed by atoms with Crippen LogP contribution in [0.4, 0.5) is 0 Å². The minimum absolute atomic E-state index is 0.211. The molecule has 1 atom stereocenters. The fourth-order valence-electron chi connectivity index (χ4n) is 2.94. The van der Waals surface area contributed by atoms with E-state index >= 15 is 0 Å². The van der Waals surface area contributed by atoms with Gasteiger partial charge in [-0.05, 0) is 43.5 Å². The third-order valence-electron chi connectivity index (χ3n) is 4.36. The van der Waals surface area contributed by atoms with Crippen molar-refractivity contribution in [2.24, 2.45) is 5.73 Å². The first-order chi connectivity index (χ1) is 14.0. The molecule has 1 aromatic carbocycles. The molecule has 0 unspecified atom stereocenters. The van der Waals surface area contributed by atoms with Crippen LogP contribution in [-0.4, -0.2) is 38.4 Å². The third kappa shape index (κ3) is 4.92. The number of nitrogens with one attached hydrogen (secondary N) is 1. The second-order valence-electron chi connectivity index (χ2n) is 6.55. The monoisotopic (exact) mass is 391 g/mol. The van der Waals surface area contributed by atoms with Gasteiger partial charge in [-0.3, -0.25) is 14.4 Å². The van der Waals surface area contributed by atoms with E-state index in [-0.39, 0.29) is 12.1 Å². The van der Waals surface area contributed by atoms with Crippen LogP contribution >= 0.6 is 0 Å². The topological polar surface area (TPSA) is 120 Å². The molecule has 2 amide bonds. The highest BCUT2D eigenvalue weighted by Crippen LogP contribution is 2.12. The average molecular weight is 391 g/mol. The van der Waals surface area contributed by atoms with Crippen molar-refractivity contribution in [3.8, 4) is 5.82 Å². The molecule has 0 aliphatic carbocycles. The van der Waals surface area contributed by atoms with Crippen molar-refractivity contribution in [1.82, 2.24) is 20.1 Å². The lowest BCUT2D eigenvalue weighted by atomic mass is 10.0. The van der Waals surface area contributed by atoms with E-state index in [1.807, 2.05) is 30.3 Å². The first-order valence-electron chi connectivity index (χ1n) is 9.12. The first-order valence-corrected chi connectivity index (χ1v) is 9.12. The summed E-state index contributed by atoms with van der Waals surface area (Å²) in [5, 5.41) is 6.93. The molecule has 0 saturated carbocycles. The number of hydrogen-bond acceptors (Lipinski definition) is 5. The van der Waals surface area contributed by atoms with E-state index in [1.54, 1.807) is 37.4 Å². The number of nitrogens with zero attached hydrogens (tertiary/aromatic N) is 3. The van der Waals surface area contributed by atoms with Crippen LogP contribution < -0.4 is 11.1 Å². The number of hydrogen-bond donors (Lipinski definition) is 2. The van der Waals surface area contributed by atoms with Gasteiger partial charge in [-0.2, -0.15) is 5.10 Å². The second kappa shape index (κ2) is 8.92. The van der Waals surface area contributed by atoms with E-state index in [2.05, 4.69) is 15.4 Å². The molecule has 8 heteroatoms. The smallest absolute Gasteiger partial charge is 0.287 e. The van der Waals surface area contributed by atoms with Gasteiger partial charge >= 0.3 is 0 Å². The summed E-state index contributed by atoms with van der Waals surface area (Å²) in [6.07, 6.45) is 2.34. The zero-order chi connectivity index (χ0) is 20.8. The van der Waals surface area contributed by atoms with E-state index in [1.165, 1.54) is 4.68 Å². The van der Waals surface area contributed by atoms with Crippen LogP contribution in [-0.2, 0) is 16.0 Å². The van der Waals surface area contributed by atoms with Crippen molar-refractivity contribution in [3.63, 3.8) is 0 Å². The van der Waals surface area contributed by atoms with Gasteiger partial charge in [0.05, 0.1) is 11.7 Å². The number of carbonyl (C=O) groups excluding carboxylic acids is 3. The molecule has 3 N–H and O–H groups in total. The molecule has 0 aliphatic rings. The Hall–Kier alpha value is -3.81. The largest absolute Gasteiger partial charge is 0.363 e. The lowest BCUT2D eigenvalue weighted by Crippen LogP contribution is -2.46. The number of aromatic nitrogens is 3. The molecule has 148 valence electrons. The summed E-state index contributed by atoms with van der Waals surface area (Å²) >= 11 is 0. The minimum Gasteiger partial charge on any atom is -0.363 e. The van der Waals surface area contributed by atoms with E-state index < -0.39 is 23.6 Å². The maximum Gasteiger partial charge on any atom is 0.287 e. The number of carbonyl (C=O) groups is 3. The molecule has 2 aromatic heterocycles. The van der Waals surface area contributed by atoms with Gasteiger partial charge < -0.3 is 11.1 Å². The molecule has 8 nitrogen and oxygen atoms in total. The quantitative estimate of drug-likeness (QED) is 0.562. The maximum absolute atomic E-state index is 12.9. The number of nitrogens with two attached hydrogens (primary N) is 1. The summed E-state index contributed by atoms with van der Waals surface area (Å²) in [5.74, 6) is -2.00. The number of primary amides is 1. The number of amides is 2. The van der Waals surface area contributed by atoms with E-state index in [0.717, 1.165) is 5.56 Å². The van der Waals surface area contributed by atoms with Gasteiger partial charge in [-0.1, -0.05) is 36.4 Å². The Morgan fingerprint density at radius 3 is 2.48 bits per heavy atom. The molecule has 29 heavy (non-hydrogen) atoms. The van der Waals surface area contributed by atoms with Gasteiger partial charge in [-0.15, -0.1) is 0 Å². The second-order valence-corrected chi connectivity index (χ2v) is 6.55. The summed E-state index contributed by atoms with van der Waals surface area (Å²) in [4.78, 5) is 40.8. The van der Waals surface area contributed by atoms with Crippen LogP contribution in [0, 0.1) is 6.92 Å². The predicted octanol–water partition coefficient (Wildman–Crippen LogP) is 1.36. The van der Waals surface area contributed by atoms with Gasteiger partial charge in [0, 0.05) is 6.20 Å². The number of benzene rings is 1. The summed E-state index contributed by atoms with van der Waals surface area (Å²) in [6, 6.07) is 15.3. The van der Waals surface area contributed by atoms with Crippen molar-refractivity contribution in [3.05, 3.63) is 77.7 Å². The van der Waals surface area contributed by atoms with Crippen LogP contribution in [0.15, 0.2) is 60.8 Å². The minimum atomic E-state index is -1.09. The Labute approximate surface area is 167 Å². The molecule has 0 spiro atoms. The summed E-state index contributed by atoms with van der Waals surface area (Å²) < 4.78 is 1.40. The van der Waals surface area contributed by atoms with E-state index in [9.17, 15) is 14.4 Å². The van der Waals surface area contributed by atoms with E-state index in [4.69, 9.17) is 5.73 Å². The van der Waals surface area contributed by atoms with Crippen LogP contribution in [0.2, 0.25) is 0 Å². The van der Waals surface area contributed by atoms with Gasteiger partial charge in [0.25, 0.3) is 11.8 Å². The predicted molar refractivity (Wildman–Crippen MR) is 106 cm³/mol. The fraction of sp³-hybridized carbons (Fsp3) is 0.190.